The van der Waals surface area contributed by atoms with Crippen LogP contribution in [0.15, 0.2) is 29.6 Å². The fraction of sp³-hybridized carbons (Fsp3) is 0.429. The van der Waals surface area contributed by atoms with Crippen molar-refractivity contribution < 1.29 is 0 Å². The van der Waals surface area contributed by atoms with E-state index in [1.165, 1.54) is 28.5 Å². The Hall–Kier alpha value is -0.860. The Morgan fingerprint density at radius 1 is 1.31 bits per heavy atom. The molecule has 1 heterocycles. The van der Waals surface area contributed by atoms with Gasteiger partial charge in [0.15, 0.2) is 0 Å². The predicted octanol–water partition coefficient (Wildman–Crippen LogP) is 4.34. The van der Waals surface area contributed by atoms with Crippen LogP contribution in [-0.4, -0.2) is 0 Å². The summed E-state index contributed by atoms with van der Waals surface area (Å²) in [5.74, 6) is 0.558. The van der Waals surface area contributed by atoms with Gasteiger partial charge in [0.2, 0.25) is 0 Å². The summed E-state index contributed by atoms with van der Waals surface area (Å²) < 4.78 is 1.34. The average Bonchev–Trinajstić information content (AvgIpc) is 2.72. The van der Waals surface area contributed by atoms with Crippen molar-refractivity contribution in [1.29, 1.82) is 0 Å². The smallest absolute Gasteiger partial charge is 0.0346 e. The number of thiophene rings is 1. The van der Waals surface area contributed by atoms with Crippen molar-refractivity contribution >= 4 is 21.4 Å². The van der Waals surface area contributed by atoms with Crippen molar-refractivity contribution in [2.75, 3.05) is 0 Å². The lowest BCUT2D eigenvalue weighted by Crippen LogP contribution is -2.18. The maximum Gasteiger partial charge on any atom is 0.0346 e. The molecule has 0 saturated heterocycles. The summed E-state index contributed by atoms with van der Waals surface area (Å²) in [5, 5.41) is 3.56. The lowest BCUT2D eigenvalue weighted by Gasteiger charge is -2.18. The second-order valence-electron chi connectivity index (χ2n) is 4.48. The minimum absolute atomic E-state index is 0.177. The van der Waals surface area contributed by atoms with Crippen molar-refractivity contribution in [1.82, 2.24) is 0 Å². The lowest BCUT2D eigenvalue weighted by atomic mass is 9.92. The van der Waals surface area contributed by atoms with E-state index in [2.05, 4.69) is 43.5 Å². The van der Waals surface area contributed by atoms with Gasteiger partial charge in [-0.2, -0.15) is 0 Å². The van der Waals surface area contributed by atoms with E-state index in [1.807, 2.05) is 0 Å². The minimum atomic E-state index is 0.177. The molecule has 0 radical (unpaired) electrons. The first-order chi connectivity index (χ1) is 7.74. The molecule has 0 fully saturated rings. The van der Waals surface area contributed by atoms with Gasteiger partial charge in [-0.15, -0.1) is 11.3 Å². The van der Waals surface area contributed by atoms with Crippen LogP contribution in [0, 0.1) is 5.92 Å². The van der Waals surface area contributed by atoms with Gasteiger partial charge in [0.05, 0.1) is 0 Å². The first-order valence-corrected chi connectivity index (χ1v) is 6.83. The Morgan fingerprint density at radius 2 is 2.06 bits per heavy atom. The Bertz CT molecular complexity index is 460. The van der Waals surface area contributed by atoms with E-state index in [4.69, 9.17) is 5.73 Å². The molecule has 0 aliphatic rings. The summed E-state index contributed by atoms with van der Waals surface area (Å²) in [7, 11) is 0. The predicted molar refractivity (Wildman–Crippen MR) is 72.8 cm³/mol. The highest BCUT2D eigenvalue weighted by Crippen LogP contribution is 2.33. The molecule has 2 aromatic rings. The highest BCUT2D eigenvalue weighted by molar-refractivity contribution is 7.17. The third-order valence-electron chi connectivity index (χ3n) is 3.23. The van der Waals surface area contributed by atoms with Crippen LogP contribution in [-0.2, 0) is 0 Å². The summed E-state index contributed by atoms with van der Waals surface area (Å²) in [5.41, 5.74) is 7.66. The van der Waals surface area contributed by atoms with Crippen LogP contribution in [0.25, 0.3) is 10.1 Å². The van der Waals surface area contributed by atoms with Gasteiger partial charge in [-0.1, -0.05) is 38.5 Å². The monoisotopic (exact) mass is 233 g/mol. The largest absolute Gasteiger partial charge is 0.324 e. The number of hydrogen-bond acceptors (Lipinski definition) is 2. The van der Waals surface area contributed by atoms with Gasteiger partial charge in [-0.3, -0.25) is 0 Å². The molecule has 0 saturated carbocycles. The van der Waals surface area contributed by atoms with Crippen molar-refractivity contribution in [3.8, 4) is 0 Å². The van der Waals surface area contributed by atoms with Crippen LogP contribution in [0.4, 0.5) is 0 Å². The Kier molecular flexibility index (Phi) is 3.62. The molecular formula is C14H19NS. The number of rotatable bonds is 4. The number of hydrogen-bond donors (Lipinski definition) is 1. The summed E-state index contributed by atoms with van der Waals surface area (Å²) in [6, 6.07) is 8.70. The maximum absolute atomic E-state index is 6.34. The standard InChI is InChI=1S/C14H19NS/c1-3-6-10(2)14(15)12-9-16-13-8-5-4-7-11(12)13/h4-5,7-10,14H,3,6,15H2,1-2H3. The van der Waals surface area contributed by atoms with Crippen molar-refractivity contribution in [3.05, 3.63) is 35.2 Å². The first kappa shape index (κ1) is 11.6. The SMILES string of the molecule is CCCC(C)C(N)c1csc2ccccc12. The first-order valence-electron chi connectivity index (χ1n) is 5.95. The van der Waals surface area contributed by atoms with E-state index in [9.17, 15) is 0 Å². The van der Waals surface area contributed by atoms with E-state index >= 15 is 0 Å². The Balaban J connectivity index is 2.32. The highest BCUT2D eigenvalue weighted by Gasteiger charge is 2.17. The van der Waals surface area contributed by atoms with Crippen LogP contribution in [0.1, 0.15) is 38.3 Å². The van der Waals surface area contributed by atoms with Gasteiger partial charge in [0, 0.05) is 10.7 Å². The molecule has 0 amide bonds. The van der Waals surface area contributed by atoms with Gasteiger partial charge in [0.25, 0.3) is 0 Å². The highest BCUT2D eigenvalue weighted by atomic mass is 32.1. The topological polar surface area (TPSA) is 26.0 Å². The van der Waals surface area contributed by atoms with E-state index in [1.54, 1.807) is 11.3 Å². The molecule has 0 aliphatic carbocycles. The molecule has 86 valence electrons. The van der Waals surface area contributed by atoms with Gasteiger partial charge >= 0.3 is 0 Å². The molecule has 0 spiro atoms. The molecule has 2 unspecified atom stereocenters. The van der Waals surface area contributed by atoms with Crippen LogP contribution < -0.4 is 5.73 Å². The van der Waals surface area contributed by atoms with Gasteiger partial charge in [-0.25, -0.2) is 0 Å². The summed E-state index contributed by atoms with van der Waals surface area (Å²) in [6.07, 6.45) is 2.41. The molecule has 2 atom stereocenters. The lowest BCUT2D eigenvalue weighted by molar-refractivity contribution is 0.436. The van der Waals surface area contributed by atoms with E-state index in [0.29, 0.717) is 5.92 Å². The zero-order chi connectivity index (χ0) is 11.5. The second kappa shape index (κ2) is 4.98. The normalized spacial score (nSPS) is 15.2. The fourth-order valence-electron chi connectivity index (χ4n) is 2.20. The van der Waals surface area contributed by atoms with Crippen molar-refractivity contribution in [2.24, 2.45) is 11.7 Å². The second-order valence-corrected chi connectivity index (χ2v) is 5.39. The molecule has 16 heavy (non-hydrogen) atoms. The van der Waals surface area contributed by atoms with Crippen molar-refractivity contribution in [3.63, 3.8) is 0 Å². The van der Waals surface area contributed by atoms with Gasteiger partial charge in [-0.05, 0) is 34.7 Å². The molecular weight excluding hydrogens is 214 g/mol. The number of nitrogens with two attached hydrogens (primary N) is 1. The van der Waals surface area contributed by atoms with Crippen LogP contribution in [0.5, 0.6) is 0 Å². The van der Waals surface area contributed by atoms with Crippen LogP contribution >= 0.6 is 11.3 Å². The molecule has 0 bridgehead atoms. The van der Waals surface area contributed by atoms with E-state index in [-0.39, 0.29) is 6.04 Å². The summed E-state index contributed by atoms with van der Waals surface area (Å²) in [4.78, 5) is 0. The molecule has 2 heteroatoms. The summed E-state index contributed by atoms with van der Waals surface area (Å²) >= 11 is 1.80. The number of fused-ring (bicyclic) bond motifs is 1. The molecule has 2 rings (SSSR count). The van der Waals surface area contributed by atoms with E-state index in [0.717, 1.165) is 0 Å². The van der Waals surface area contributed by atoms with Gasteiger partial charge in [0.1, 0.15) is 0 Å². The zero-order valence-corrected chi connectivity index (χ0v) is 10.8. The third kappa shape index (κ3) is 2.13. The Labute approximate surface area is 101 Å². The Morgan fingerprint density at radius 3 is 2.81 bits per heavy atom. The van der Waals surface area contributed by atoms with Crippen LogP contribution in [0.2, 0.25) is 0 Å². The van der Waals surface area contributed by atoms with E-state index < -0.39 is 0 Å². The quantitative estimate of drug-likeness (QED) is 0.835. The molecule has 1 nitrogen and oxygen atoms in total. The maximum atomic E-state index is 6.34. The minimum Gasteiger partial charge on any atom is -0.324 e. The average molecular weight is 233 g/mol. The van der Waals surface area contributed by atoms with Crippen LogP contribution in [0.3, 0.4) is 0 Å². The zero-order valence-electron chi connectivity index (χ0n) is 9.94. The van der Waals surface area contributed by atoms with Gasteiger partial charge < -0.3 is 5.73 Å². The molecule has 0 aliphatic heterocycles. The third-order valence-corrected chi connectivity index (χ3v) is 4.21. The van der Waals surface area contributed by atoms with Crippen molar-refractivity contribution in [2.45, 2.75) is 32.7 Å². The number of benzene rings is 1. The summed E-state index contributed by atoms with van der Waals surface area (Å²) in [6.45, 7) is 4.47. The molecule has 1 aromatic carbocycles. The molecule has 2 N–H and O–H groups in total. The fourth-order valence-corrected chi connectivity index (χ4v) is 3.21. The molecule has 1 aromatic heterocycles.